The van der Waals surface area contributed by atoms with Gasteiger partial charge in [0.1, 0.15) is 5.41 Å². The van der Waals surface area contributed by atoms with Gasteiger partial charge >= 0.3 is 0 Å². The first-order valence-corrected chi connectivity index (χ1v) is 8.14. The third-order valence-electron chi connectivity index (χ3n) is 4.49. The highest BCUT2D eigenvalue weighted by Gasteiger charge is 2.41. The Kier molecular flexibility index (Phi) is 5.22. The fourth-order valence-electron chi connectivity index (χ4n) is 2.96. The summed E-state index contributed by atoms with van der Waals surface area (Å²) in [6, 6.07) is 9.54. The van der Waals surface area contributed by atoms with Gasteiger partial charge in [-0.3, -0.25) is 9.59 Å². The molecule has 1 saturated heterocycles. The number of benzene rings is 1. The van der Waals surface area contributed by atoms with Crippen molar-refractivity contribution < 1.29 is 9.59 Å². The minimum Gasteiger partial charge on any atom is -0.339 e. The molecule has 1 fully saturated rings. The van der Waals surface area contributed by atoms with Crippen LogP contribution >= 0.6 is 0 Å². The van der Waals surface area contributed by atoms with E-state index in [2.05, 4.69) is 12.2 Å². The van der Waals surface area contributed by atoms with Gasteiger partial charge in [-0.1, -0.05) is 25.1 Å². The normalized spacial score (nSPS) is 18.9. The number of amides is 2. The summed E-state index contributed by atoms with van der Waals surface area (Å²) in [5.41, 5.74) is -0.334. The molecule has 1 aromatic rings. The van der Waals surface area contributed by atoms with E-state index in [1.807, 2.05) is 35.2 Å². The summed E-state index contributed by atoms with van der Waals surface area (Å²) in [6.07, 6.45) is 4.18. The van der Waals surface area contributed by atoms with Crippen LogP contribution in [0.3, 0.4) is 0 Å². The lowest BCUT2D eigenvalue weighted by Crippen LogP contribution is -2.52. The lowest BCUT2D eigenvalue weighted by atomic mass is 9.87. The molecule has 1 unspecified atom stereocenters. The van der Waals surface area contributed by atoms with Crippen LogP contribution in [-0.2, 0) is 9.59 Å². The highest BCUT2D eigenvalue weighted by Crippen LogP contribution is 2.28. The van der Waals surface area contributed by atoms with Crippen LogP contribution in [-0.4, -0.2) is 29.3 Å². The molecule has 1 N–H and O–H groups in total. The zero-order valence-corrected chi connectivity index (χ0v) is 13.8. The summed E-state index contributed by atoms with van der Waals surface area (Å²) < 4.78 is 0. The monoisotopic (exact) mass is 302 g/mol. The summed E-state index contributed by atoms with van der Waals surface area (Å²) >= 11 is 0. The van der Waals surface area contributed by atoms with Crippen LogP contribution < -0.4 is 5.32 Å². The number of rotatable bonds is 4. The number of nitrogens with zero attached hydrogens (tertiary/aromatic N) is 1. The molecule has 1 aliphatic heterocycles. The van der Waals surface area contributed by atoms with Crippen LogP contribution in [0.5, 0.6) is 0 Å². The summed E-state index contributed by atoms with van der Waals surface area (Å²) in [7, 11) is 0. The highest BCUT2D eigenvalue weighted by molar-refractivity contribution is 6.09. The number of hydrogen-bond acceptors (Lipinski definition) is 2. The van der Waals surface area contributed by atoms with E-state index in [9.17, 15) is 9.59 Å². The van der Waals surface area contributed by atoms with Crippen LogP contribution in [0.4, 0.5) is 5.69 Å². The second-order valence-corrected chi connectivity index (χ2v) is 6.50. The van der Waals surface area contributed by atoms with E-state index in [0.717, 1.165) is 31.5 Å². The molecule has 0 spiro atoms. The maximum atomic E-state index is 12.9. The van der Waals surface area contributed by atoms with Crippen molar-refractivity contribution in [3.05, 3.63) is 30.3 Å². The van der Waals surface area contributed by atoms with Crippen molar-refractivity contribution in [3.8, 4) is 0 Å². The standard InChI is InChI=1S/C18H26N2O2/c1-4-15-12-8-9-13-20(15)17(22)18(2,3)16(21)19-14-10-6-5-7-11-14/h5-7,10-11,15H,4,8-9,12-13H2,1-3H3,(H,19,21). The third kappa shape index (κ3) is 3.49. The van der Waals surface area contributed by atoms with Gasteiger partial charge in [-0.25, -0.2) is 0 Å². The average molecular weight is 302 g/mol. The Morgan fingerprint density at radius 1 is 1.23 bits per heavy atom. The molecule has 0 saturated carbocycles. The van der Waals surface area contributed by atoms with Gasteiger partial charge in [-0.15, -0.1) is 0 Å². The lowest BCUT2D eigenvalue weighted by molar-refractivity contribution is -0.149. The van der Waals surface area contributed by atoms with Crippen molar-refractivity contribution in [1.29, 1.82) is 0 Å². The molecule has 2 rings (SSSR count). The first-order chi connectivity index (χ1) is 10.5. The molecular weight excluding hydrogens is 276 g/mol. The topological polar surface area (TPSA) is 49.4 Å². The Morgan fingerprint density at radius 2 is 1.91 bits per heavy atom. The minimum atomic E-state index is -1.05. The van der Waals surface area contributed by atoms with Gasteiger partial charge in [0.05, 0.1) is 0 Å². The molecule has 0 aromatic heterocycles. The van der Waals surface area contributed by atoms with Gasteiger partial charge in [-0.05, 0) is 51.7 Å². The molecule has 0 aliphatic carbocycles. The van der Waals surface area contributed by atoms with Crippen molar-refractivity contribution in [3.63, 3.8) is 0 Å². The van der Waals surface area contributed by atoms with E-state index < -0.39 is 5.41 Å². The number of hydrogen-bond donors (Lipinski definition) is 1. The number of carbonyl (C=O) groups excluding carboxylic acids is 2. The molecule has 120 valence electrons. The molecule has 1 atom stereocenters. The van der Waals surface area contributed by atoms with Crippen molar-refractivity contribution >= 4 is 17.5 Å². The van der Waals surface area contributed by atoms with Gasteiger partial charge in [0.2, 0.25) is 11.8 Å². The second kappa shape index (κ2) is 6.95. The maximum Gasteiger partial charge on any atom is 0.239 e. The quantitative estimate of drug-likeness (QED) is 0.866. The number of nitrogens with one attached hydrogen (secondary N) is 1. The van der Waals surface area contributed by atoms with Crippen molar-refractivity contribution in [2.45, 2.75) is 52.5 Å². The Labute approximate surface area is 132 Å². The first-order valence-electron chi connectivity index (χ1n) is 8.14. The Hall–Kier alpha value is -1.84. The SMILES string of the molecule is CCC1CCCCN1C(=O)C(C)(C)C(=O)Nc1ccccc1. The van der Waals surface area contributed by atoms with E-state index in [0.29, 0.717) is 0 Å². The number of anilines is 1. The van der Waals surface area contributed by atoms with Crippen molar-refractivity contribution in [2.75, 3.05) is 11.9 Å². The van der Waals surface area contributed by atoms with E-state index in [1.165, 1.54) is 6.42 Å². The summed E-state index contributed by atoms with van der Waals surface area (Å²) in [4.78, 5) is 27.4. The van der Waals surface area contributed by atoms with Crippen molar-refractivity contribution in [2.24, 2.45) is 5.41 Å². The minimum absolute atomic E-state index is 0.0625. The van der Waals surface area contributed by atoms with Gasteiger partial charge in [0.15, 0.2) is 0 Å². The number of piperidine rings is 1. The molecule has 22 heavy (non-hydrogen) atoms. The number of carbonyl (C=O) groups is 2. The molecular formula is C18H26N2O2. The van der Waals surface area contributed by atoms with E-state index in [1.54, 1.807) is 13.8 Å². The first kappa shape index (κ1) is 16.5. The van der Waals surface area contributed by atoms with Crippen molar-refractivity contribution in [1.82, 2.24) is 4.90 Å². The zero-order chi connectivity index (χ0) is 16.2. The van der Waals surface area contributed by atoms with Gasteiger partial charge in [-0.2, -0.15) is 0 Å². The number of para-hydroxylation sites is 1. The Bertz CT molecular complexity index is 525. The predicted molar refractivity (Wildman–Crippen MR) is 88.5 cm³/mol. The van der Waals surface area contributed by atoms with E-state index in [4.69, 9.17) is 0 Å². The van der Waals surface area contributed by atoms with Gasteiger partial charge < -0.3 is 10.2 Å². The smallest absolute Gasteiger partial charge is 0.239 e. The molecule has 4 heteroatoms. The lowest BCUT2D eigenvalue weighted by Gasteiger charge is -2.39. The fraction of sp³-hybridized carbons (Fsp3) is 0.556. The van der Waals surface area contributed by atoms with Crippen LogP contribution in [0.15, 0.2) is 30.3 Å². The second-order valence-electron chi connectivity index (χ2n) is 6.50. The van der Waals surface area contributed by atoms with Gasteiger partial charge in [0, 0.05) is 18.3 Å². The zero-order valence-electron chi connectivity index (χ0n) is 13.8. The van der Waals surface area contributed by atoms with Crippen LogP contribution in [0.25, 0.3) is 0 Å². The molecule has 0 bridgehead atoms. The third-order valence-corrected chi connectivity index (χ3v) is 4.49. The molecule has 4 nitrogen and oxygen atoms in total. The summed E-state index contributed by atoms with van der Waals surface area (Å²) in [5.74, 6) is -0.309. The molecule has 1 aliphatic rings. The highest BCUT2D eigenvalue weighted by atomic mass is 16.2. The summed E-state index contributed by atoms with van der Waals surface area (Å²) in [5, 5.41) is 2.85. The maximum absolute atomic E-state index is 12.9. The fourth-order valence-corrected chi connectivity index (χ4v) is 2.96. The molecule has 2 amide bonds. The average Bonchev–Trinajstić information content (AvgIpc) is 2.54. The predicted octanol–water partition coefficient (Wildman–Crippen LogP) is 3.44. The Balaban J connectivity index is 2.10. The van der Waals surface area contributed by atoms with Crippen LogP contribution in [0.2, 0.25) is 0 Å². The van der Waals surface area contributed by atoms with Gasteiger partial charge in [0.25, 0.3) is 0 Å². The summed E-state index contributed by atoms with van der Waals surface area (Å²) in [6.45, 7) is 6.30. The number of likely N-dealkylation sites (tertiary alicyclic amines) is 1. The van der Waals surface area contributed by atoms with Crippen LogP contribution in [0.1, 0.15) is 46.5 Å². The molecule has 0 radical (unpaired) electrons. The molecule has 1 heterocycles. The van der Waals surface area contributed by atoms with Crippen LogP contribution in [0, 0.1) is 5.41 Å². The Morgan fingerprint density at radius 3 is 2.55 bits per heavy atom. The van der Waals surface area contributed by atoms with E-state index >= 15 is 0 Å². The molecule has 1 aromatic carbocycles. The largest absolute Gasteiger partial charge is 0.339 e. The van der Waals surface area contributed by atoms with E-state index in [-0.39, 0.29) is 17.9 Å².